The summed E-state index contributed by atoms with van der Waals surface area (Å²) in [5.41, 5.74) is 0. The zero-order chi connectivity index (χ0) is 13.9. The molecule has 5 nitrogen and oxygen atoms in total. The Balaban J connectivity index is 0.00000200. The van der Waals surface area contributed by atoms with Gasteiger partial charge in [-0.05, 0) is 51.7 Å². The highest BCUT2D eigenvalue weighted by molar-refractivity contribution is 7.88. The zero-order valence-electron chi connectivity index (χ0n) is 12.5. The number of rotatable bonds is 4. The first-order valence-corrected chi connectivity index (χ1v) is 9.18. The Hall–Kier alpha value is 0.120. The van der Waals surface area contributed by atoms with Gasteiger partial charge in [0.1, 0.15) is 0 Å². The topological polar surface area (TPSA) is 52.6 Å². The van der Waals surface area contributed by atoms with Gasteiger partial charge < -0.3 is 10.2 Å². The van der Waals surface area contributed by atoms with Gasteiger partial charge in [-0.3, -0.25) is 0 Å². The van der Waals surface area contributed by atoms with E-state index in [4.69, 9.17) is 0 Å². The minimum absolute atomic E-state index is 0. The maximum Gasteiger partial charge on any atom is 0.211 e. The molecule has 0 saturated carbocycles. The van der Waals surface area contributed by atoms with Crippen LogP contribution in [0.3, 0.4) is 0 Å². The number of nitrogens with zero attached hydrogens (tertiary/aromatic N) is 2. The highest BCUT2D eigenvalue weighted by Crippen LogP contribution is 2.21. The molecule has 0 amide bonds. The van der Waals surface area contributed by atoms with E-state index in [2.05, 4.69) is 10.2 Å². The summed E-state index contributed by atoms with van der Waals surface area (Å²) in [6, 6.07) is 0.662. The standard InChI is InChI=1S/C13H27N3O2S.ClH/c1-14-13-5-8-15(9-6-13)10-12-4-3-7-16(11-12)19(2,17)18;/h12-14H,3-11H2,1-2H3;1H. The smallest absolute Gasteiger partial charge is 0.211 e. The number of halogens is 1. The summed E-state index contributed by atoms with van der Waals surface area (Å²) >= 11 is 0. The number of likely N-dealkylation sites (tertiary alicyclic amines) is 1. The highest BCUT2D eigenvalue weighted by atomic mass is 35.5. The van der Waals surface area contributed by atoms with Gasteiger partial charge in [-0.15, -0.1) is 12.4 Å². The summed E-state index contributed by atoms with van der Waals surface area (Å²) in [7, 11) is -0.974. The van der Waals surface area contributed by atoms with E-state index in [9.17, 15) is 8.42 Å². The maximum atomic E-state index is 11.6. The van der Waals surface area contributed by atoms with Crippen molar-refractivity contribution in [2.24, 2.45) is 5.92 Å². The van der Waals surface area contributed by atoms with Gasteiger partial charge in [0.2, 0.25) is 10.0 Å². The summed E-state index contributed by atoms with van der Waals surface area (Å²) < 4.78 is 24.9. The lowest BCUT2D eigenvalue weighted by Gasteiger charge is -2.37. The molecule has 2 rings (SSSR count). The third-order valence-electron chi connectivity index (χ3n) is 4.46. The number of hydrogen-bond acceptors (Lipinski definition) is 4. The maximum absolute atomic E-state index is 11.6. The zero-order valence-corrected chi connectivity index (χ0v) is 14.2. The first-order chi connectivity index (χ1) is 8.99. The minimum atomic E-state index is -3.01. The molecule has 0 bridgehead atoms. The van der Waals surface area contributed by atoms with Crippen LogP contribution in [0.2, 0.25) is 0 Å². The average Bonchev–Trinajstić information content (AvgIpc) is 2.39. The molecular weight excluding hydrogens is 298 g/mol. The van der Waals surface area contributed by atoms with Crippen LogP contribution in [0.25, 0.3) is 0 Å². The Kier molecular flexibility index (Phi) is 7.21. The van der Waals surface area contributed by atoms with Crippen molar-refractivity contribution in [1.29, 1.82) is 0 Å². The van der Waals surface area contributed by atoms with Crippen molar-refractivity contribution < 1.29 is 8.42 Å². The van der Waals surface area contributed by atoms with Gasteiger partial charge >= 0.3 is 0 Å². The lowest BCUT2D eigenvalue weighted by atomic mass is 9.97. The fourth-order valence-electron chi connectivity index (χ4n) is 3.25. The third-order valence-corrected chi connectivity index (χ3v) is 5.73. The second kappa shape index (κ2) is 7.94. The predicted octanol–water partition coefficient (Wildman–Crippen LogP) is 0.764. The van der Waals surface area contributed by atoms with E-state index in [1.807, 2.05) is 7.05 Å². The molecule has 0 aromatic rings. The van der Waals surface area contributed by atoms with Crippen molar-refractivity contribution in [3.05, 3.63) is 0 Å². The van der Waals surface area contributed by atoms with Crippen LogP contribution in [0.4, 0.5) is 0 Å². The Morgan fingerprint density at radius 3 is 2.35 bits per heavy atom. The molecule has 2 aliphatic heterocycles. The van der Waals surface area contributed by atoms with Crippen molar-refractivity contribution >= 4 is 22.4 Å². The number of hydrogen-bond donors (Lipinski definition) is 1. The van der Waals surface area contributed by atoms with E-state index in [0.29, 0.717) is 25.0 Å². The molecule has 0 aliphatic carbocycles. The van der Waals surface area contributed by atoms with E-state index in [0.717, 1.165) is 32.5 Å². The van der Waals surface area contributed by atoms with Crippen LogP contribution < -0.4 is 5.32 Å². The fourth-order valence-corrected chi connectivity index (χ4v) is 4.19. The second-order valence-corrected chi connectivity index (χ2v) is 7.98. The molecule has 0 radical (unpaired) electrons. The molecule has 20 heavy (non-hydrogen) atoms. The van der Waals surface area contributed by atoms with Gasteiger partial charge in [0.05, 0.1) is 6.26 Å². The van der Waals surface area contributed by atoms with Crippen LogP contribution in [0.5, 0.6) is 0 Å². The molecule has 2 fully saturated rings. The first-order valence-electron chi connectivity index (χ1n) is 7.34. The predicted molar refractivity (Wildman–Crippen MR) is 84.9 cm³/mol. The van der Waals surface area contributed by atoms with Gasteiger partial charge in [0, 0.05) is 25.7 Å². The molecule has 2 saturated heterocycles. The molecule has 0 aromatic heterocycles. The van der Waals surface area contributed by atoms with Crippen LogP contribution in [0, 0.1) is 5.92 Å². The van der Waals surface area contributed by atoms with Crippen molar-refractivity contribution in [3.63, 3.8) is 0 Å². The van der Waals surface area contributed by atoms with E-state index in [-0.39, 0.29) is 12.4 Å². The van der Waals surface area contributed by atoms with E-state index in [1.54, 1.807) is 4.31 Å². The second-order valence-electron chi connectivity index (χ2n) is 5.99. The Morgan fingerprint density at radius 2 is 1.80 bits per heavy atom. The molecule has 1 atom stereocenters. The Bertz CT molecular complexity index is 383. The quantitative estimate of drug-likeness (QED) is 0.829. The van der Waals surface area contributed by atoms with Gasteiger partial charge in [0.15, 0.2) is 0 Å². The summed E-state index contributed by atoms with van der Waals surface area (Å²) in [4.78, 5) is 2.50. The van der Waals surface area contributed by atoms with Crippen molar-refractivity contribution in [3.8, 4) is 0 Å². The van der Waals surface area contributed by atoms with Gasteiger partial charge in [-0.1, -0.05) is 0 Å². The molecule has 120 valence electrons. The molecule has 7 heteroatoms. The molecule has 1 unspecified atom stereocenters. The van der Waals surface area contributed by atoms with E-state index in [1.165, 1.54) is 19.1 Å². The van der Waals surface area contributed by atoms with E-state index < -0.39 is 10.0 Å². The number of sulfonamides is 1. The van der Waals surface area contributed by atoms with Crippen LogP contribution in [0.15, 0.2) is 0 Å². The van der Waals surface area contributed by atoms with Gasteiger partial charge in [-0.2, -0.15) is 0 Å². The lowest BCUT2D eigenvalue weighted by molar-refractivity contribution is 0.146. The normalized spacial score (nSPS) is 27.2. The monoisotopic (exact) mass is 325 g/mol. The van der Waals surface area contributed by atoms with Crippen LogP contribution in [-0.4, -0.2) is 69.7 Å². The Morgan fingerprint density at radius 1 is 1.15 bits per heavy atom. The number of piperidine rings is 2. The van der Waals surface area contributed by atoms with Gasteiger partial charge in [0.25, 0.3) is 0 Å². The average molecular weight is 326 g/mol. The minimum Gasteiger partial charge on any atom is -0.317 e. The van der Waals surface area contributed by atoms with Crippen molar-refractivity contribution in [2.75, 3.05) is 46.0 Å². The first kappa shape index (κ1) is 18.2. The molecule has 1 N–H and O–H groups in total. The largest absolute Gasteiger partial charge is 0.317 e. The summed E-state index contributed by atoms with van der Waals surface area (Å²) in [6.07, 6.45) is 5.91. The molecular formula is C13H28ClN3O2S. The van der Waals surface area contributed by atoms with E-state index >= 15 is 0 Å². The third kappa shape index (κ3) is 5.15. The van der Waals surface area contributed by atoms with Gasteiger partial charge in [-0.25, -0.2) is 12.7 Å². The Labute approximate surface area is 129 Å². The highest BCUT2D eigenvalue weighted by Gasteiger charge is 2.28. The summed E-state index contributed by atoms with van der Waals surface area (Å²) in [6.45, 7) is 4.76. The van der Waals surface area contributed by atoms with Crippen molar-refractivity contribution in [2.45, 2.75) is 31.7 Å². The van der Waals surface area contributed by atoms with Crippen molar-refractivity contribution in [1.82, 2.24) is 14.5 Å². The molecule has 2 heterocycles. The number of nitrogens with one attached hydrogen (secondary N) is 1. The summed E-state index contributed by atoms with van der Waals surface area (Å²) in [5.74, 6) is 0.509. The molecule has 0 spiro atoms. The van der Waals surface area contributed by atoms with Crippen LogP contribution in [-0.2, 0) is 10.0 Å². The molecule has 0 aromatic carbocycles. The lowest BCUT2D eigenvalue weighted by Crippen LogP contribution is -2.46. The molecule has 2 aliphatic rings. The van der Waals surface area contributed by atoms with Crippen LogP contribution in [0.1, 0.15) is 25.7 Å². The summed E-state index contributed by atoms with van der Waals surface area (Å²) in [5, 5.41) is 3.34. The SMILES string of the molecule is CNC1CCN(CC2CCCN(S(C)(=O)=O)C2)CC1.Cl. The van der Waals surface area contributed by atoms with Crippen LogP contribution >= 0.6 is 12.4 Å². The fraction of sp³-hybridized carbons (Fsp3) is 1.00.